The zero-order valence-corrected chi connectivity index (χ0v) is 21.3. The molecule has 1 saturated heterocycles. The van der Waals surface area contributed by atoms with E-state index in [2.05, 4.69) is 4.90 Å². The molecular formula is C27H28N4O5S. The van der Waals surface area contributed by atoms with E-state index < -0.39 is 15.7 Å². The molecule has 1 aromatic heterocycles. The van der Waals surface area contributed by atoms with E-state index in [1.165, 1.54) is 16.7 Å². The van der Waals surface area contributed by atoms with Crippen molar-refractivity contribution in [2.45, 2.75) is 18.4 Å². The Hall–Kier alpha value is -4.05. The number of ether oxygens (including phenoxy) is 1. The first-order chi connectivity index (χ1) is 17.9. The fourth-order valence-corrected chi connectivity index (χ4v) is 6.12. The van der Waals surface area contributed by atoms with Crippen LogP contribution in [0.5, 0.6) is 5.75 Å². The van der Waals surface area contributed by atoms with E-state index in [1.54, 1.807) is 47.4 Å². The summed E-state index contributed by atoms with van der Waals surface area (Å²) in [7, 11) is -4.14. The van der Waals surface area contributed by atoms with Crippen molar-refractivity contribution < 1.29 is 17.9 Å². The number of carbonyl (C=O) groups is 1. The minimum Gasteiger partial charge on any atom is -0.492 e. The Morgan fingerprint density at radius 2 is 1.46 bits per heavy atom. The number of fused-ring (bicyclic) bond motifs is 1. The summed E-state index contributed by atoms with van der Waals surface area (Å²) >= 11 is 0. The highest BCUT2D eigenvalue weighted by Gasteiger charge is 2.28. The van der Waals surface area contributed by atoms with Crippen LogP contribution in [0.15, 0.2) is 88.6 Å². The summed E-state index contributed by atoms with van der Waals surface area (Å²) in [4.78, 5) is 30.6. The molecule has 0 saturated carbocycles. The van der Waals surface area contributed by atoms with E-state index in [0.717, 1.165) is 15.4 Å². The number of hydrogen-bond acceptors (Lipinski definition) is 6. The first kappa shape index (κ1) is 24.6. The third-order valence-electron chi connectivity index (χ3n) is 6.51. The number of imidazole rings is 1. The van der Waals surface area contributed by atoms with Gasteiger partial charge in [-0.05, 0) is 43.3 Å². The topological polar surface area (TPSA) is 93.8 Å². The van der Waals surface area contributed by atoms with Crippen LogP contribution in [0.25, 0.3) is 11.0 Å². The second-order valence-corrected chi connectivity index (χ2v) is 10.5. The molecule has 0 unspecified atom stereocenters. The molecule has 4 aromatic rings. The molecular weight excluding hydrogens is 492 g/mol. The van der Waals surface area contributed by atoms with Gasteiger partial charge in [0.15, 0.2) is 0 Å². The summed E-state index contributed by atoms with van der Waals surface area (Å²) in [5, 5.41) is 0. The molecule has 37 heavy (non-hydrogen) atoms. The molecule has 1 fully saturated rings. The number of anilines is 1. The van der Waals surface area contributed by atoms with Gasteiger partial charge in [0.05, 0.1) is 28.2 Å². The van der Waals surface area contributed by atoms with Crippen LogP contribution in [0, 0.1) is 0 Å². The quantitative estimate of drug-likeness (QED) is 0.372. The van der Waals surface area contributed by atoms with Gasteiger partial charge in [-0.3, -0.25) is 9.36 Å². The first-order valence-electron chi connectivity index (χ1n) is 12.2. The van der Waals surface area contributed by atoms with E-state index in [1.807, 2.05) is 31.2 Å². The van der Waals surface area contributed by atoms with Gasteiger partial charge in [-0.2, -0.15) is 3.97 Å². The number of rotatable bonds is 7. The van der Waals surface area contributed by atoms with Crippen LogP contribution in [0.1, 0.15) is 6.92 Å². The summed E-state index contributed by atoms with van der Waals surface area (Å²) in [5.74, 6) is 0.573. The van der Waals surface area contributed by atoms with Crippen molar-refractivity contribution >= 4 is 32.7 Å². The molecule has 0 aliphatic carbocycles. The third-order valence-corrected chi connectivity index (χ3v) is 8.21. The molecule has 5 rings (SSSR count). The second-order valence-electron chi connectivity index (χ2n) is 8.71. The molecule has 1 amide bonds. The lowest BCUT2D eigenvalue weighted by Crippen LogP contribution is -2.50. The van der Waals surface area contributed by atoms with Crippen LogP contribution in [0.4, 0.5) is 5.69 Å². The largest absolute Gasteiger partial charge is 0.492 e. The minimum atomic E-state index is -4.14. The van der Waals surface area contributed by atoms with E-state index in [9.17, 15) is 18.0 Å². The number of para-hydroxylation sites is 4. The van der Waals surface area contributed by atoms with Gasteiger partial charge in [0.25, 0.3) is 10.0 Å². The maximum Gasteiger partial charge on any atom is 0.343 e. The van der Waals surface area contributed by atoms with E-state index in [4.69, 9.17) is 4.74 Å². The molecule has 3 aromatic carbocycles. The Balaban J connectivity index is 1.39. The summed E-state index contributed by atoms with van der Waals surface area (Å²) in [5.41, 5.74) is 0.857. The van der Waals surface area contributed by atoms with Gasteiger partial charge >= 0.3 is 5.69 Å². The fraction of sp³-hybridized carbons (Fsp3) is 0.259. The second kappa shape index (κ2) is 10.1. The number of benzene rings is 3. The monoisotopic (exact) mass is 520 g/mol. The lowest BCUT2D eigenvalue weighted by Gasteiger charge is -2.36. The maximum atomic E-state index is 13.4. The zero-order valence-electron chi connectivity index (χ0n) is 20.5. The van der Waals surface area contributed by atoms with Gasteiger partial charge < -0.3 is 14.5 Å². The number of amides is 1. The molecule has 2 heterocycles. The van der Waals surface area contributed by atoms with Crippen molar-refractivity contribution in [1.29, 1.82) is 0 Å². The predicted molar refractivity (Wildman–Crippen MR) is 142 cm³/mol. The Labute approximate surface area is 215 Å². The Morgan fingerprint density at radius 1 is 0.838 bits per heavy atom. The van der Waals surface area contributed by atoms with Gasteiger partial charge in [0.2, 0.25) is 5.91 Å². The third kappa shape index (κ3) is 4.60. The molecule has 0 spiro atoms. The van der Waals surface area contributed by atoms with Gasteiger partial charge in [0, 0.05) is 26.2 Å². The highest BCUT2D eigenvalue weighted by Crippen LogP contribution is 2.29. The fourth-order valence-electron chi connectivity index (χ4n) is 4.69. The van der Waals surface area contributed by atoms with Gasteiger partial charge in [0.1, 0.15) is 12.3 Å². The van der Waals surface area contributed by atoms with Crippen LogP contribution in [0.2, 0.25) is 0 Å². The summed E-state index contributed by atoms with van der Waals surface area (Å²) < 4.78 is 34.5. The number of hydrogen-bond donors (Lipinski definition) is 0. The summed E-state index contributed by atoms with van der Waals surface area (Å²) in [6, 6.07) is 22.3. The van der Waals surface area contributed by atoms with Crippen LogP contribution in [0.3, 0.4) is 0 Å². The SMILES string of the molecule is CCOc1ccccc1N1CCN(C(=O)Cn2c(=O)n(S(=O)(=O)c3ccccc3)c3ccccc32)CC1. The van der Waals surface area contributed by atoms with Crippen molar-refractivity contribution in [2.24, 2.45) is 0 Å². The number of piperazine rings is 1. The first-order valence-corrected chi connectivity index (χ1v) is 13.6. The van der Waals surface area contributed by atoms with Crippen LogP contribution < -0.4 is 15.3 Å². The Morgan fingerprint density at radius 3 is 2.16 bits per heavy atom. The van der Waals surface area contributed by atoms with E-state index >= 15 is 0 Å². The lowest BCUT2D eigenvalue weighted by atomic mass is 10.2. The highest BCUT2D eigenvalue weighted by molar-refractivity contribution is 7.90. The molecule has 10 heteroatoms. The smallest absolute Gasteiger partial charge is 0.343 e. The number of nitrogens with zero attached hydrogens (tertiary/aromatic N) is 4. The van der Waals surface area contributed by atoms with Crippen LogP contribution in [-0.2, 0) is 21.4 Å². The van der Waals surface area contributed by atoms with Crippen molar-refractivity contribution in [3.63, 3.8) is 0 Å². The zero-order chi connectivity index (χ0) is 26.0. The average Bonchev–Trinajstić information content (AvgIpc) is 3.21. The molecule has 0 radical (unpaired) electrons. The van der Waals surface area contributed by atoms with Crippen LogP contribution >= 0.6 is 0 Å². The highest BCUT2D eigenvalue weighted by atomic mass is 32.2. The van der Waals surface area contributed by atoms with Gasteiger partial charge in [-0.1, -0.05) is 42.5 Å². The average molecular weight is 521 g/mol. The number of carbonyl (C=O) groups excluding carboxylic acids is 1. The molecule has 1 aliphatic heterocycles. The van der Waals surface area contributed by atoms with Crippen molar-refractivity contribution in [3.8, 4) is 5.75 Å². The summed E-state index contributed by atoms with van der Waals surface area (Å²) in [6.07, 6.45) is 0. The van der Waals surface area contributed by atoms with Crippen molar-refractivity contribution in [2.75, 3.05) is 37.7 Å². The molecule has 0 bridgehead atoms. The van der Waals surface area contributed by atoms with E-state index in [0.29, 0.717) is 38.3 Å². The molecule has 0 N–H and O–H groups in total. The van der Waals surface area contributed by atoms with Crippen molar-refractivity contribution in [1.82, 2.24) is 13.4 Å². The molecule has 0 atom stereocenters. The molecule has 1 aliphatic rings. The minimum absolute atomic E-state index is 0.00906. The summed E-state index contributed by atoms with van der Waals surface area (Å²) in [6.45, 7) is 4.47. The lowest BCUT2D eigenvalue weighted by molar-refractivity contribution is -0.132. The Bertz CT molecular complexity index is 1590. The normalized spacial score (nSPS) is 14.2. The van der Waals surface area contributed by atoms with Crippen molar-refractivity contribution in [3.05, 3.63) is 89.3 Å². The molecule has 192 valence electrons. The maximum absolute atomic E-state index is 13.4. The van der Waals surface area contributed by atoms with Gasteiger partial charge in [-0.15, -0.1) is 0 Å². The van der Waals surface area contributed by atoms with E-state index in [-0.39, 0.29) is 22.9 Å². The van der Waals surface area contributed by atoms with Gasteiger partial charge in [-0.25, -0.2) is 13.2 Å². The Kier molecular flexibility index (Phi) is 6.75. The molecule has 9 nitrogen and oxygen atoms in total. The standard InChI is InChI=1S/C27H28N4O5S/c1-2-36-25-15-9-8-14-24(25)28-16-18-29(19-17-28)26(32)20-30-22-12-6-7-13-23(22)31(27(30)33)37(34,35)21-10-4-3-5-11-21/h3-15H,2,16-20H2,1H3. The van der Waals surface area contributed by atoms with Crippen LogP contribution in [-0.4, -0.2) is 60.6 Å². The number of aromatic nitrogens is 2. The predicted octanol–water partition coefficient (Wildman–Crippen LogP) is 2.79.